The van der Waals surface area contributed by atoms with Crippen LogP contribution in [-0.2, 0) is 6.42 Å². The highest BCUT2D eigenvalue weighted by Gasteiger charge is 2.20. The molecule has 6 heteroatoms. The molecule has 106 valence electrons. The maximum atomic E-state index is 11.5. The molecule has 2 aromatic rings. The van der Waals surface area contributed by atoms with Crippen molar-refractivity contribution in [2.24, 2.45) is 11.7 Å². The molecule has 1 aliphatic rings. The highest BCUT2D eigenvalue weighted by Crippen LogP contribution is 2.34. The summed E-state index contributed by atoms with van der Waals surface area (Å²) >= 11 is 1.51. The van der Waals surface area contributed by atoms with Crippen LogP contribution < -0.4 is 5.73 Å². The topological polar surface area (TPSA) is 73.8 Å². The molecule has 0 atom stereocenters. The molecule has 1 amide bonds. The van der Waals surface area contributed by atoms with Crippen LogP contribution in [0.4, 0.5) is 4.79 Å². The van der Waals surface area contributed by atoms with Gasteiger partial charge in [-0.05, 0) is 12.3 Å². The van der Waals surface area contributed by atoms with Crippen molar-refractivity contribution in [3.05, 3.63) is 23.6 Å². The van der Waals surface area contributed by atoms with Gasteiger partial charge in [0, 0.05) is 24.2 Å². The van der Waals surface area contributed by atoms with Gasteiger partial charge in [-0.25, -0.2) is 14.8 Å². The normalized spacial score (nSPS) is 14.6. The largest absolute Gasteiger partial charge is 0.351 e. The molecule has 0 aliphatic heterocycles. The van der Waals surface area contributed by atoms with Gasteiger partial charge in [0.25, 0.3) is 0 Å². The number of nitrogens with two attached hydrogens (primary N) is 1. The Morgan fingerprint density at radius 1 is 1.45 bits per heavy atom. The summed E-state index contributed by atoms with van der Waals surface area (Å²) in [5.41, 5.74) is 6.14. The van der Waals surface area contributed by atoms with Crippen molar-refractivity contribution in [2.45, 2.75) is 38.5 Å². The predicted octanol–water partition coefficient (Wildman–Crippen LogP) is 3.06. The third-order valence-electron chi connectivity index (χ3n) is 3.63. The number of unbranched alkanes of at least 4 members (excludes halogenated alkanes) is 1. The number of thiazole rings is 1. The Morgan fingerprint density at radius 3 is 2.95 bits per heavy atom. The highest BCUT2D eigenvalue weighted by molar-refractivity contribution is 7.13. The van der Waals surface area contributed by atoms with Gasteiger partial charge in [-0.2, -0.15) is 0 Å². The standard InChI is InChI=1S/C14H18N4OS/c15-14(19)18-9-11(13-16-7-8-20-13)17-12(18)4-2-1-3-10-5-6-10/h7-10H,1-6H2,(H2,15,19). The summed E-state index contributed by atoms with van der Waals surface area (Å²) in [7, 11) is 0. The third kappa shape index (κ3) is 3.07. The second-order valence-corrected chi connectivity index (χ2v) is 6.17. The Hall–Kier alpha value is -1.69. The van der Waals surface area contributed by atoms with Gasteiger partial charge in [-0.1, -0.05) is 25.7 Å². The van der Waals surface area contributed by atoms with Crippen LogP contribution in [0.2, 0.25) is 0 Å². The molecule has 0 unspecified atom stereocenters. The van der Waals surface area contributed by atoms with Gasteiger partial charge in [0.05, 0.1) is 0 Å². The van der Waals surface area contributed by atoms with Gasteiger partial charge in [0.15, 0.2) is 0 Å². The number of hydrogen-bond acceptors (Lipinski definition) is 4. The first-order valence-electron chi connectivity index (χ1n) is 7.02. The van der Waals surface area contributed by atoms with Crippen LogP contribution >= 0.6 is 11.3 Å². The van der Waals surface area contributed by atoms with Crippen LogP contribution in [0, 0.1) is 5.92 Å². The average Bonchev–Trinajstić information content (AvgIpc) is 2.93. The van der Waals surface area contributed by atoms with E-state index in [-0.39, 0.29) is 0 Å². The molecule has 0 radical (unpaired) electrons. The molecule has 0 spiro atoms. The first-order valence-corrected chi connectivity index (χ1v) is 7.90. The minimum absolute atomic E-state index is 0.475. The van der Waals surface area contributed by atoms with Crippen molar-refractivity contribution in [2.75, 3.05) is 0 Å². The van der Waals surface area contributed by atoms with Crippen molar-refractivity contribution < 1.29 is 4.79 Å². The molecule has 0 bridgehead atoms. The molecule has 1 aliphatic carbocycles. The number of nitrogens with zero attached hydrogens (tertiary/aromatic N) is 3. The van der Waals surface area contributed by atoms with Crippen molar-refractivity contribution >= 4 is 17.4 Å². The van der Waals surface area contributed by atoms with E-state index in [0.29, 0.717) is 0 Å². The van der Waals surface area contributed by atoms with Gasteiger partial charge in [-0.3, -0.25) is 4.57 Å². The zero-order valence-corrected chi connectivity index (χ0v) is 12.1. The molecule has 1 fully saturated rings. The summed E-state index contributed by atoms with van der Waals surface area (Å²) in [6.45, 7) is 0. The quantitative estimate of drug-likeness (QED) is 0.831. The van der Waals surface area contributed by atoms with E-state index in [9.17, 15) is 4.79 Å². The van der Waals surface area contributed by atoms with E-state index in [2.05, 4.69) is 9.97 Å². The molecule has 1 saturated carbocycles. The van der Waals surface area contributed by atoms with Crippen LogP contribution in [0.1, 0.15) is 37.9 Å². The van der Waals surface area contributed by atoms with E-state index >= 15 is 0 Å². The molecular formula is C14H18N4OS. The van der Waals surface area contributed by atoms with Crippen LogP contribution in [0.15, 0.2) is 17.8 Å². The lowest BCUT2D eigenvalue weighted by molar-refractivity contribution is 0.249. The van der Waals surface area contributed by atoms with Crippen LogP contribution in [-0.4, -0.2) is 20.6 Å². The van der Waals surface area contributed by atoms with Gasteiger partial charge < -0.3 is 5.73 Å². The molecule has 20 heavy (non-hydrogen) atoms. The first kappa shape index (κ1) is 13.3. The number of aryl methyl sites for hydroxylation is 1. The molecule has 2 N–H and O–H groups in total. The van der Waals surface area contributed by atoms with E-state index in [0.717, 1.165) is 35.3 Å². The lowest BCUT2D eigenvalue weighted by Gasteiger charge is -2.02. The smallest absolute Gasteiger partial charge is 0.324 e. The van der Waals surface area contributed by atoms with Gasteiger partial charge >= 0.3 is 6.03 Å². The summed E-state index contributed by atoms with van der Waals surface area (Å²) in [6, 6.07) is -0.475. The number of aromatic nitrogens is 3. The Morgan fingerprint density at radius 2 is 2.30 bits per heavy atom. The van der Waals surface area contributed by atoms with E-state index < -0.39 is 6.03 Å². The molecule has 2 aromatic heterocycles. The second kappa shape index (κ2) is 5.75. The fourth-order valence-corrected chi connectivity index (χ4v) is 2.95. The number of carbonyl (C=O) groups is 1. The lowest BCUT2D eigenvalue weighted by Crippen LogP contribution is -2.21. The predicted molar refractivity (Wildman–Crippen MR) is 78.6 cm³/mol. The minimum Gasteiger partial charge on any atom is -0.351 e. The average molecular weight is 290 g/mol. The second-order valence-electron chi connectivity index (χ2n) is 5.28. The Kier molecular flexibility index (Phi) is 3.82. The van der Waals surface area contributed by atoms with Crippen molar-refractivity contribution in [1.82, 2.24) is 14.5 Å². The maximum Gasteiger partial charge on any atom is 0.324 e. The van der Waals surface area contributed by atoms with E-state index in [1.807, 2.05) is 5.38 Å². The van der Waals surface area contributed by atoms with Gasteiger partial charge in [-0.15, -0.1) is 11.3 Å². The molecular weight excluding hydrogens is 272 g/mol. The zero-order chi connectivity index (χ0) is 13.9. The molecule has 5 nitrogen and oxygen atoms in total. The summed E-state index contributed by atoms with van der Waals surface area (Å²) in [4.78, 5) is 20.2. The molecule has 2 heterocycles. The Labute approximate surface area is 121 Å². The Bertz CT molecular complexity index is 586. The summed E-state index contributed by atoms with van der Waals surface area (Å²) in [5.74, 6) is 1.70. The number of amides is 1. The number of rotatable bonds is 6. The van der Waals surface area contributed by atoms with Crippen molar-refractivity contribution in [3.8, 4) is 10.7 Å². The van der Waals surface area contributed by atoms with Crippen molar-refractivity contribution in [1.29, 1.82) is 0 Å². The van der Waals surface area contributed by atoms with E-state index in [1.165, 1.54) is 41.6 Å². The highest BCUT2D eigenvalue weighted by atomic mass is 32.1. The summed E-state index contributed by atoms with van der Waals surface area (Å²) < 4.78 is 1.45. The molecule has 3 rings (SSSR count). The number of imidazole rings is 1. The number of hydrogen-bond donors (Lipinski definition) is 1. The first-order chi connectivity index (χ1) is 9.74. The lowest BCUT2D eigenvalue weighted by atomic mass is 10.1. The summed E-state index contributed by atoms with van der Waals surface area (Å²) in [6.07, 6.45) is 10.6. The SMILES string of the molecule is NC(=O)n1cc(-c2nccs2)nc1CCCCC1CC1. The molecule has 0 saturated heterocycles. The fourth-order valence-electron chi connectivity index (χ4n) is 2.36. The Balaban J connectivity index is 1.68. The number of primary amides is 1. The van der Waals surface area contributed by atoms with E-state index in [1.54, 1.807) is 12.4 Å². The summed E-state index contributed by atoms with van der Waals surface area (Å²) in [5, 5.41) is 2.72. The number of carbonyl (C=O) groups excluding carboxylic acids is 1. The molecule has 0 aromatic carbocycles. The minimum atomic E-state index is -0.475. The van der Waals surface area contributed by atoms with E-state index in [4.69, 9.17) is 5.73 Å². The van der Waals surface area contributed by atoms with Crippen LogP contribution in [0.5, 0.6) is 0 Å². The third-order valence-corrected chi connectivity index (χ3v) is 4.42. The van der Waals surface area contributed by atoms with Gasteiger partial charge in [0.2, 0.25) is 0 Å². The maximum absolute atomic E-state index is 11.5. The zero-order valence-electron chi connectivity index (χ0n) is 11.3. The van der Waals surface area contributed by atoms with Crippen LogP contribution in [0.3, 0.4) is 0 Å². The van der Waals surface area contributed by atoms with Gasteiger partial charge in [0.1, 0.15) is 16.5 Å². The fraction of sp³-hybridized carbons (Fsp3) is 0.500. The van der Waals surface area contributed by atoms with Crippen molar-refractivity contribution in [3.63, 3.8) is 0 Å². The monoisotopic (exact) mass is 290 g/mol. The van der Waals surface area contributed by atoms with Crippen LogP contribution in [0.25, 0.3) is 10.7 Å².